The van der Waals surface area contributed by atoms with Crippen molar-refractivity contribution in [3.63, 3.8) is 0 Å². The third-order valence-corrected chi connectivity index (χ3v) is 8.99. The third-order valence-electron chi connectivity index (χ3n) is 7.49. The van der Waals surface area contributed by atoms with Gasteiger partial charge < -0.3 is 0 Å². The Hall–Kier alpha value is -4.49. The molecule has 0 radical (unpaired) electrons. The average Bonchev–Trinajstić information content (AvgIpc) is 3.53. The smallest absolute Gasteiger partial charge is 0.174 e. The van der Waals surface area contributed by atoms with Crippen molar-refractivity contribution in [3.8, 4) is 0 Å². The van der Waals surface area contributed by atoms with E-state index in [1.54, 1.807) is 11.8 Å². The Morgan fingerprint density at radius 1 is 0.537 bits per heavy atom. The lowest BCUT2D eigenvalue weighted by molar-refractivity contribution is 0.0951. The largest absolute Gasteiger partial charge is 0.293 e. The van der Waals surface area contributed by atoms with Gasteiger partial charge in [0.25, 0.3) is 0 Å². The number of carbonyl (C=O) groups is 2. The zero-order chi connectivity index (χ0) is 28.3. The number of ketones is 2. The minimum Gasteiger partial charge on any atom is -0.293 e. The SMILES string of the molecule is CC1=NN(c2ccccc2)C(SC2C(C(=O)c3ccccc3)C(C)=NN2c2ccccc2)C1C(=O)c1ccccc1. The molecule has 0 saturated heterocycles. The van der Waals surface area contributed by atoms with Crippen LogP contribution in [0.5, 0.6) is 0 Å². The van der Waals surface area contributed by atoms with Crippen LogP contribution in [0.3, 0.4) is 0 Å². The molecule has 0 saturated carbocycles. The fourth-order valence-electron chi connectivity index (χ4n) is 5.46. The molecule has 4 atom stereocenters. The second kappa shape index (κ2) is 11.6. The van der Waals surface area contributed by atoms with Crippen molar-refractivity contribution in [3.05, 3.63) is 132 Å². The topological polar surface area (TPSA) is 65.3 Å². The Morgan fingerprint density at radius 3 is 1.20 bits per heavy atom. The first-order valence-corrected chi connectivity index (χ1v) is 14.6. The molecule has 41 heavy (non-hydrogen) atoms. The van der Waals surface area contributed by atoms with E-state index < -0.39 is 22.6 Å². The Bertz CT molecular complexity index is 1470. The van der Waals surface area contributed by atoms with E-state index in [1.807, 2.05) is 145 Å². The number of hydrogen-bond donors (Lipinski definition) is 0. The number of rotatable bonds is 8. The fraction of sp³-hybridized carbons (Fsp3) is 0.176. The molecule has 2 heterocycles. The van der Waals surface area contributed by atoms with Crippen molar-refractivity contribution in [2.75, 3.05) is 10.0 Å². The van der Waals surface area contributed by atoms with Crippen molar-refractivity contribution in [2.45, 2.75) is 24.6 Å². The summed E-state index contributed by atoms with van der Waals surface area (Å²) in [7, 11) is 0. The van der Waals surface area contributed by atoms with Crippen LogP contribution in [-0.2, 0) is 0 Å². The van der Waals surface area contributed by atoms with Gasteiger partial charge in [0, 0.05) is 22.6 Å². The second-order valence-electron chi connectivity index (χ2n) is 10.2. The lowest BCUT2D eigenvalue weighted by Gasteiger charge is -2.34. The van der Waals surface area contributed by atoms with Crippen molar-refractivity contribution < 1.29 is 9.59 Å². The first-order valence-electron chi connectivity index (χ1n) is 13.7. The highest BCUT2D eigenvalue weighted by atomic mass is 32.2. The molecular formula is C34H30N4O2S. The summed E-state index contributed by atoms with van der Waals surface area (Å²) >= 11 is 1.57. The number of nitrogens with zero attached hydrogens (tertiary/aromatic N) is 4. The van der Waals surface area contributed by atoms with E-state index in [0.29, 0.717) is 11.1 Å². The molecule has 4 unspecified atom stereocenters. The maximum atomic E-state index is 14.0. The van der Waals surface area contributed by atoms with Crippen molar-refractivity contribution >= 4 is 46.1 Å². The zero-order valence-electron chi connectivity index (χ0n) is 22.9. The van der Waals surface area contributed by atoms with Gasteiger partial charge in [-0.15, -0.1) is 11.8 Å². The Kier molecular flexibility index (Phi) is 7.53. The second-order valence-corrected chi connectivity index (χ2v) is 11.4. The summed E-state index contributed by atoms with van der Waals surface area (Å²) in [5.74, 6) is -0.992. The van der Waals surface area contributed by atoms with Crippen LogP contribution >= 0.6 is 11.8 Å². The summed E-state index contributed by atoms with van der Waals surface area (Å²) in [6.07, 6.45) is 0. The molecule has 0 fully saturated rings. The van der Waals surface area contributed by atoms with Gasteiger partial charge in [0.15, 0.2) is 11.6 Å². The number of hydrazone groups is 2. The summed E-state index contributed by atoms with van der Waals surface area (Å²) in [4.78, 5) is 28.1. The quantitative estimate of drug-likeness (QED) is 0.215. The number of carbonyl (C=O) groups excluding carboxylic acids is 2. The van der Waals surface area contributed by atoms with E-state index in [4.69, 9.17) is 10.2 Å². The van der Waals surface area contributed by atoms with Crippen LogP contribution in [0.2, 0.25) is 0 Å². The van der Waals surface area contributed by atoms with E-state index in [0.717, 1.165) is 22.8 Å². The summed E-state index contributed by atoms with van der Waals surface area (Å²) < 4.78 is 0. The van der Waals surface area contributed by atoms with Crippen molar-refractivity contribution in [1.29, 1.82) is 0 Å². The molecule has 0 spiro atoms. The fourth-order valence-corrected chi connectivity index (χ4v) is 7.27. The zero-order valence-corrected chi connectivity index (χ0v) is 23.7. The van der Waals surface area contributed by atoms with Crippen LogP contribution in [0.4, 0.5) is 11.4 Å². The van der Waals surface area contributed by atoms with Crippen molar-refractivity contribution in [1.82, 2.24) is 0 Å². The molecule has 0 aromatic heterocycles. The van der Waals surface area contributed by atoms with Crippen LogP contribution in [-0.4, -0.2) is 33.7 Å². The van der Waals surface area contributed by atoms with E-state index in [9.17, 15) is 9.59 Å². The maximum Gasteiger partial charge on any atom is 0.174 e. The number of para-hydroxylation sites is 2. The summed E-state index contributed by atoms with van der Waals surface area (Å²) in [5.41, 5.74) is 4.55. The number of hydrogen-bond acceptors (Lipinski definition) is 7. The maximum absolute atomic E-state index is 14.0. The Labute approximate surface area is 244 Å². The van der Waals surface area contributed by atoms with Gasteiger partial charge in [0.05, 0.1) is 23.2 Å². The molecular weight excluding hydrogens is 528 g/mol. The van der Waals surface area contributed by atoms with Crippen LogP contribution < -0.4 is 10.0 Å². The lowest BCUT2D eigenvalue weighted by atomic mass is 9.93. The van der Waals surface area contributed by atoms with Crippen LogP contribution in [0, 0.1) is 11.8 Å². The monoisotopic (exact) mass is 558 g/mol. The van der Waals surface area contributed by atoms with E-state index in [-0.39, 0.29) is 11.6 Å². The average molecular weight is 559 g/mol. The Balaban J connectivity index is 1.43. The molecule has 7 heteroatoms. The molecule has 2 aliphatic heterocycles. The van der Waals surface area contributed by atoms with Gasteiger partial charge in [-0.25, -0.2) is 0 Å². The first kappa shape index (κ1) is 26.7. The predicted molar refractivity (Wildman–Crippen MR) is 168 cm³/mol. The number of benzene rings is 4. The summed E-state index contributed by atoms with van der Waals surface area (Å²) in [6.45, 7) is 3.83. The molecule has 6 rings (SSSR count). The molecule has 0 aliphatic carbocycles. The van der Waals surface area contributed by atoms with Gasteiger partial charge in [0.2, 0.25) is 0 Å². The van der Waals surface area contributed by atoms with Gasteiger partial charge in [-0.3, -0.25) is 19.6 Å². The predicted octanol–water partition coefficient (Wildman–Crippen LogP) is 7.16. The molecule has 0 amide bonds. The highest BCUT2D eigenvalue weighted by Gasteiger charge is 2.48. The molecule has 6 nitrogen and oxygen atoms in total. The molecule has 204 valence electrons. The first-order chi connectivity index (χ1) is 20.0. The minimum absolute atomic E-state index is 0.00983. The van der Waals surface area contributed by atoms with Gasteiger partial charge in [-0.1, -0.05) is 97.1 Å². The van der Waals surface area contributed by atoms with Gasteiger partial charge >= 0.3 is 0 Å². The van der Waals surface area contributed by atoms with Crippen molar-refractivity contribution in [2.24, 2.45) is 22.0 Å². The van der Waals surface area contributed by atoms with E-state index in [2.05, 4.69) is 0 Å². The molecule has 0 bridgehead atoms. The molecule has 0 N–H and O–H groups in total. The number of anilines is 2. The van der Waals surface area contributed by atoms with Gasteiger partial charge in [-0.2, -0.15) is 10.2 Å². The van der Waals surface area contributed by atoms with E-state index >= 15 is 0 Å². The number of thioether (sulfide) groups is 1. The molecule has 2 aliphatic rings. The summed E-state index contributed by atoms with van der Waals surface area (Å²) in [6, 6.07) is 38.5. The van der Waals surface area contributed by atoms with Crippen LogP contribution in [0.25, 0.3) is 0 Å². The Morgan fingerprint density at radius 2 is 0.854 bits per heavy atom. The molecule has 4 aromatic carbocycles. The van der Waals surface area contributed by atoms with Crippen LogP contribution in [0.15, 0.2) is 132 Å². The van der Waals surface area contributed by atoms with Gasteiger partial charge in [0.1, 0.15) is 10.7 Å². The number of Topliss-reactive ketones (excluding diaryl/α,β-unsaturated/α-hetero) is 2. The van der Waals surface area contributed by atoms with E-state index in [1.165, 1.54) is 0 Å². The highest BCUT2D eigenvalue weighted by molar-refractivity contribution is 8.00. The lowest BCUT2D eigenvalue weighted by Crippen LogP contribution is -2.42. The van der Waals surface area contributed by atoms with Crippen LogP contribution in [0.1, 0.15) is 34.6 Å². The summed E-state index contributed by atoms with van der Waals surface area (Å²) in [5, 5.41) is 12.9. The standard InChI is InChI=1S/C34H30N4O2S/c1-23-29(31(39)25-15-7-3-8-16-25)33(37(35-23)27-19-11-5-12-20-27)41-34-30(32(40)26-17-9-4-10-18-26)24(2)36-38(34)28-21-13-6-14-22-28/h3-22,29-30,33-34H,1-2H3. The third kappa shape index (κ3) is 5.21. The van der Waals surface area contributed by atoms with Gasteiger partial charge in [-0.05, 0) is 38.1 Å². The minimum atomic E-state index is -0.506. The normalized spacial score (nSPS) is 21.9. The molecule has 4 aromatic rings. The highest BCUT2D eigenvalue weighted by Crippen LogP contribution is 2.45.